The van der Waals surface area contributed by atoms with Crippen LogP contribution in [-0.4, -0.2) is 38.6 Å². The van der Waals surface area contributed by atoms with E-state index in [1.807, 2.05) is 63.0 Å². The monoisotopic (exact) mass is 508 g/mol. The zero-order valence-corrected chi connectivity index (χ0v) is 22.6. The lowest BCUT2D eigenvalue weighted by Crippen LogP contribution is -2.59. The number of hydrogen-bond acceptors (Lipinski definition) is 5. The fraction of sp³-hybridized carbons (Fsp3) is 0.393. The van der Waals surface area contributed by atoms with Gasteiger partial charge in [-0.2, -0.15) is 10.1 Å². The van der Waals surface area contributed by atoms with Crippen LogP contribution in [0.15, 0.2) is 65.8 Å². The van der Waals surface area contributed by atoms with Crippen molar-refractivity contribution in [3.8, 4) is 0 Å². The minimum atomic E-state index is -2.24. The smallest absolute Gasteiger partial charge is 0.313 e. The number of esters is 1. The Balaban J connectivity index is 1.99. The van der Waals surface area contributed by atoms with Crippen LogP contribution in [0.4, 0.5) is 10.1 Å². The number of halogens is 1. The number of para-hydroxylation sites is 1. The van der Waals surface area contributed by atoms with E-state index in [0.29, 0.717) is 11.3 Å². The summed E-state index contributed by atoms with van der Waals surface area (Å²) in [5.41, 5.74) is 0.668. The molecule has 0 unspecified atom stereocenters. The molecule has 6 nitrogen and oxygen atoms in total. The van der Waals surface area contributed by atoms with Gasteiger partial charge in [-0.1, -0.05) is 55.5 Å². The summed E-state index contributed by atoms with van der Waals surface area (Å²) in [5.74, 6) is -2.30. The highest BCUT2D eigenvalue weighted by Gasteiger charge is 2.63. The van der Waals surface area contributed by atoms with Crippen LogP contribution in [0.25, 0.3) is 5.57 Å². The average molecular weight is 509 g/mol. The largest absolute Gasteiger partial charge is 0.466 e. The van der Waals surface area contributed by atoms with Crippen molar-refractivity contribution in [1.82, 2.24) is 0 Å². The van der Waals surface area contributed by atoms with Crippen LogP contribution in [0.2, 0.25) is 19.6 Å². The van der Waals surface area contributed by atoms with Crippen LogP contribution >= 0.6 is 0 Å². The van der Waals surface area contributed by atoms with Crippen LogP contribution in [0.3, 0.4) is 0 Å². The summed E-state index contributed by atoms with van der Waals surface area (Å²) in [6.45, 7) is 11.9. The van der Waals surface area contributed by atoms with Crippen LogP contribution in [-0.2, 0) is 18.8 Å². The van der Waals surface area contributed by atoms with Crippen LogP contribution in [0, 0.1) is 23.1 Å². The summed E-state index contributed by atoms with van der Waals surface area (Å²) in [4.78, 5) is 27.6. The molecule has 2 aromatic carbocycles. The van der Waals surface area contributed by atoms with Gasteiger partial charge in [0.1, 0.15) is 16.9 Å². The predicted octanol–water partition coefficient (Wildman–Crippen LogP) is 5.67. The molecule has 0 saturated heterocycles. The second-order valence-electron chi connectivity index (χ2n) is 10.3. The molecule has 1 heterocycles. The zero-order chi connectivity index (χ0) is 26.3. The average Bonchev–Trinajstić information content (AvgIpc) is 3.08. The van der Waals surface area contributed by atoms with E-state index in [0.717, 1.165) is 10.6 Å². The number of rotatable bonds is 6. The van der Waals surface area contributed by atoms with Gasteiger partial charge in [0.2, 0.25) is 0 Å². The number of benzene rings is 2. The Morgan fingerprint density at radius 3 is 2.36 bits per heavy atom. The van der Waals surface area contributed by atoms with Crippen molar-refractivity contribution in [3.05, 3.63) is 72.1 Å². The minimum Gasteiger partial charge on any atom is -0.466 e. The molecule has 4 rings (SSSR count). The van der Waals surface area contributed by atoms with Gasteiger partial charge < -0.3 is 9.16 Å². The first-order valence-corrected chi connectivity index (χ1v) is 15.7. The highest BCUT2D eigenvalue weighted by atomic mass is 28.4. The van der Waals surface area contributed by atoms with E-state index in [1.54, 1.807) is 26.0 Å². The summed E-state index contributed by atoms with van der Waals surface area (Å²) in [6, 6.07) is 15.6. The first kappa shape index (κ1) is 26.0. The van der Waals surface area contributed by atoms with Crippen molar-refractivity contribution in [1.29, 1.82) is 0 Å². The van der Waals surface area contributed by atoms with E-state index in [1.165, 1.54) is 12.1 Å². The third kappa shape index (κ3) is 4.33. The minimum absolute atomic E-state index is 0.0815. The zero-order valence-electron chi connectivity index (χ0n) is 21.6. The first-order valence-electron chi connectivity index (χ1n) is 12.3. The molecule has 1 aliphatic heterocycles. The molecule has 1 aliphatic carbocycles. The Kier molecular flexibility index (Phi) is 7.03. The van der Waals surface area contributed by atoms with Crippen molar-refractivity contribution in [2.75, 3.05) is 11.6 Å². The van der Waals surface area contributed by atoms with E-state index in [9.17, 15) is 14.0 Å². The number of hydrogen-bond donors (Lipinski definition) is 0. The summed E-state index contributed by atoms with van der Waals surface area (Å²) >= 11 is 0. The van der Waals surface area contributed by atoms with Crippen LogP contribution in [0.5, 0.6) is 0 Å². The van der Waals surface area contributed by atoms with Gasteiger partial charge in [0, 0.05) is 0 Å². The van der Waals surface area contributed by atoms with Crippen molar-refractivity contribution in [3.63, 3.8) is 0 Å². The van der Waals surface area contributed by atoms with Gasteiger partial charge in [0.25, 0.3) is 5.91 Å². The van der Waals surface area contributed by atoms with Crippen LogP contribution < -0.4 is 5.01 Å². The Labute approximate surface area is 212 Å². The molecular weight excluding hydrogens is 475 g/mol. The molecule has 36 heavy (non-hydrogen) atoms. The summed E-state index contributed by atoms with van der Waals surface area (Å²) in [6.07, 6.45) is 1.14. The standard InChI is InChI=1S/C28H33FN2O4Si/c1-7-34-26(32)21-17-22(20-13-9-8-10-14-20)28(25(18(21)2)35-36(4,5)6)19(3)30-31(27(28)33)24-16-12-11-15-23(24)29/h8-18,21,25H,7H2,1-6H3/t18-,21+,25+,28-/m1/s1. The molecule has 2 aliphatic rings. The van der Waals surface area contributed by atoms with Gasteiger partial charge in [0.05, 0.1) is 24.3 Å². The second kappa shape index (κ2) is 9.75. The van der Waals surface area contributed by atoms with Gasteiger partial charge >= 0.3 is 5.97 Å². The Morgan fingerprint density at radius 2 is 1.75 bits per heavy atom. The van der Waals surface area contributed by atoms with E-state index in [-0.39, 0.29) is 18.3 Å². The Hall–Kier alpha value is -3.10. The van der Waals surface area contributed by atoms with E-state index < -0.39 is 43.4 Å². The molecular formula is C28H33FN2O4Si. The number of carbonyl (C=O) groups excluding carboxylic acids is 2. The van der Waals surface area contributed by atoms with E-state index in [4.69, 9.17) is 9.16 Å². The Morgan fingerprint density at radius 1 is 1.11 bits per heavy atom. The third-order valence-corrected chi connectivity index (χ3v) is 7.76. The molecule has 4 atom stereocenters. The number of hydrazone groups is 1. The number of ether oxygens (including phenoxy) is 1. The molecule has 8 heteroatoms. The number of carbonyl (C=O) groups is 2. The molecule has 0 N–H and O–H groups in total. The summed E-state index contributed by atoms with van der Waals surface area (Å²) in [7, 11) is -2.24. The normalized spacial score (nSPS) is 26.1. The molecule has 0 saturated carbocycles. The highest BCUT2D eigenvalue weighted by Crippen LogP contribution is 2.54. The third-order valence-electron chi connectivity index (χ3n) is 6.80. The highest BCUT2D eigenvalue weighted by molar-refractivity contribution is 6.69. The molecule has 1 spiro atoms. The van der Waals surface area contributed by atoms with Crippen molar-refractivity contribution in [2.45, 2.75) is 46.5 Å². The van der Waals surface area contributed by atoms with Gasteiger partial charge in [-0.3, -0.25) is 9.59 Å². The molecule has 0 radical (unpaired) electrons. The maximum absolute atomic E-state index is 14.9. The topological polar surface area (TPSA) is 68.2 Å². The molecule has 0 aromatic heterocycles. The van der Waals surface area contributed by atoms with Crippen molar-refractivity contribution in [2.24, 2.45) is 22.4 Å². The second-order valence-corrected chi connectivity index (χ2v) is 14.8. The van der Waals surface area contributed by atoms with E-state index in [2.05, 4.69) is 5.10 Å². The van der Waals surface area contributed by atoms with Gasteiger partial charge in [-0.05, 0) is 62.7 Å². The maximum Gasteiger partial charge on any atom is 0.313 e. The van der Waals surface area contributed by atoms with Crippen molar-refractivity contribution < 1.29 is 23.1 Å². The van der Waals surface area contributed by atoms with Crippen LogP contribution in [0.1, 0.15) is 26.3 Å². The van der Waals surface area contributed by atoms with E-state index >= 15 is 0 Å². The number of anilines is 1. The Bertz CT molecular complexity index is 1220. The maximum atomic E-state index is 14.9. The quantitative estimate of drug-likeness (QED) is 0.373. The molecule has 0 bridgehead atoms. The summed E-state index contributed by atoms with van der Waals surface area (Å²) < 4.78 is 27.0. The first-order chi connectivity index (χ1) is 17.0. The lowest BCUT2D eigenvalue weighted by Gasteiger charge is -2.48. The SMILES string of the molecule is CCOC(=O)[C@H]1C=C(c2ccccc2)[C@@]2(C(=O)N(c3ccccc3F)N=C2C)[C@@H](O[Si](C)(C)C)[C@@H]1C. The predicted molar refractivity (Wildman–Crippen MR) is 141 cm³/mol. The number of amides is 1. The molecule has 2 aromatic rings. The molecule has 190 valence electrons. The lowest BCUT2D eigenvalue weighted by atomic mass is 9.59. The van der Waals surface area contributed by atoms with Crippen molar-refractivity contribution >= 4 is 37.2 Å². The fourth-order valence-corrected chi connectivity index (χ4v) is 6.41. The molecule has 1 amide bonds. The molecule has 0 fully saturated rings. The number of nitrogens with zero attached hydrogens (tertiary/aromatic N) is 2. The van der Waals surface area contributed by atoms with Gasteiger partial charge in [-0.25, -0.2) is 4.39 Å². The van der Waals surface area contributed by atoms with Gasteiger partial charge in [-0.15, -0.1) is 0 Å². The summed E-state index contributed by atoms with van der Waals surface area (Å²) in [5, 5.41) is 5.77. The van der Waals surface area contributed by atoms with Gasteiger partial charge in [0.15, 0.2) is 8.32 Å². The fourth-order valence-electron chi connectivity index (χ4n) is 5.26. The lowest BCUT2D eigenvalue weighted by molar-refractivity contribution is -0.151.